The molecule has 0 amide bonds. The highest BCUT2D eigenvalue weighted by molar-refractivity contribution is 6.31. The number of hydrogen-bond acceptors (Lipinski definition) is 3. The van der Waals surface area contributed by atoms with Gasteiger partial charge in [0.15, 0.2) is 0 Å². The highest BCUT2D eigenvalue weighted by Crippen LogP contribution is 2.22. The van der Waals surface area contributed by atoms with Gasteiger partial charge in [0, 0.05) is 40.7 Å². The summed E-state index contributed by atoms with van der Waals surface area (Å²) in [6.45, 7) is 6.32. The standard InChI is InChI=1S/C17H21ClN2O/c1-3-8-19-10-15-11-20-13(2)9-17(15)21-12-14-6-4-5-7-16(14)18/h4-7,9,11,19H,3,8,10,12H2,1-2H3. The van der Waals surface area contributed by atoms with Crippen molar-refractivity contribution < 1.29 is 4.74 Å². The molecule has 1 heterocycles. The Bertz CT molecular complexity index is 587. The summed E-state index contributed by atoms with van der Waals surface area (Å²) >= 11 is 6.16. The average Bonchev–Trinajstić information content (AvgIpc) is 2.48. The van der Waals surface area contributed by atoms with Crippen molar-refractivity contribution in [2.45, 2.75) is 33.4 Å². The Balaban J connectivity index is 2.07. The van der Waals surface area contributed by atoms with E-state index in [1.54, 1.807) is 0 Å². The van der Waals surface area contributed by atoms with Crippen LogP contribution in [-0.4, -0.2) is 11.5 Å². The van der Waals surface area contributed by atoms with Gasteiger partial charge < -0.3 is 10.1 Å². The Labute approximate surface area is 131 Å². The molecule has 112 valence electrons. The number of nitrogens with zero attached hydrogens (tertiary/aromatic N) is 1. The van der Waals surface area contributed by atoms with Crippen LogP contribution < -0.4 is 10.1 Å². The van der Waals surface area contributed by atoms with E-state index in [2.05, 4.69) is 17.2 Å². The summed E-state index contributed by atoms with van der Waals surface area (Å²) in [5.41, 5.74) is 3.01. The molecule has 0 aliphatic rings. The van der Waals surface area contributed by atoms with Crippen molar-refractivity contribution in [3.63, 3.8) is 0 Å². The number of nitrogens with one attached hydrogen (secondary N) is 1. The fraction of sp³-hybridized carbons (Fsp3) is 0.353. The van der Waals surface area contributed by atoms with E-state index in [4.69, 9.17) is 16.3 Å². The van der Waals surface area contributed by atoms with E-state index < -0.39 is 0 Å². The molecule has 1 aromatic carbocycles. The summed E-state index contributed by atoms with van der Waals surface area (Å²) in [7, 11) is 0. The lowest BCUT2D eigenvalue weighted by Crippen LogP contribution is -2.15. The number of rotatable bonds is 7. The van der Waals surface area contributed by atoms with Crippen molar-refractivity contribution in [3.05, 3.63) is 58.4 Å². The summed E-state index contributed by atoms with van der Waals surface area (Å²) in [6.07, 6.45) is 2.98. The zero-order valence-electron chi connectivity index (χ0n) is 12.5. The fourth-order valence-corrected chi connectivity index (χ4v) is 2.19. The van der Waals surface area contributed by atoms with Crippen molar-refractivity contribution in [1.82, 2.24) is 10.3 Å². The summed E-state index contributed by atoms with van der Waals surface area (Å²) in [6, 6.07) is 9.71. The number of aromatic nitrogens is 1. The van der Waals surface area contributed by atoms with Gasteiger partial charge in [-0.2, -0.15) is 0 Å². The summed E-state index contributed by atoms with van der Waals surface area (Å²) < 4.78 is 5.95. The third-order valence-electron chi connectivity index (χ3n) is 3.16. The molecule has 0 radical (unpaired) electrons. The van der Waals surface area contributed by atoms with Crippen LogP contribution in [0.1, 0.15) is 30.2 Å². The average molecular weight is 305 g/mol. The van der Waals surface area contributed by atoms with Crippen LogP contribution in [0.4, 0.5) is 0 Å². The molecule has 0 fully saturated rings. The van der Waals surface area contributed by atoms with Crippen LogP contribution in [-0.2, 0) is 13.2 Å². The highest BCUT2D eigenvalue weighted by Gasteiger charge is 2.07. The maximum atomic E-state index is 6.16. The van der Waals surface area contributed by atoms with Gasteiger partial charge in [-0.05, 0) is 26.0 Å². The van der Waals surface area contributed by atoms with Crippen LogP contribution in [0.2, 0.25) is 5.02 Å². The van der Waals surface area contributed by atoms with E-state index in [9.17, 15) is 0 Å². The third kappa shape index (κ3) is 4.73. The van der Waals surface area contributed by atoms with Gasteiger partial charge >= 0.3 is 0 Å². The second-order valence-corrected chi connectivity index (χ2v) is 5.40. The van der Waals surface area contributed by atoms with Gasteiger partial charge in [-0.1, -0.05) is 36.7 Å². The Morgan fingerprint density at radius 3 is 2.81 bits per heavy atom. The predicted octanol–water partition coefficient (Wildman–Crippen LogP) is 4.12. The van der Waals surface area contributed by atoms with E-state index in [0.717, 1.165) is 47.1 Å². The number of aryl methyl sites for hydroxylation is 1. The summed E-state index contributed by atoms with van der Waals surface area (Å²) in [4.78, 5) is 4.35. The SMILES string of the molecule is CCCNCc1cnc(C)cc1OCc1ccccc1Cl. The number of benzene rings is 1. The predicted molar refractivity (Wildman–Crippen MR) is 86.8 cm³/mol. The summed E-state index contributed by atoms with van der Waals surface area (Å²) in [5, 5.41) is 4.11. The van der Waals surface area contributed by atoms with E-state index >= 15 is 0 Å². The molecule has 0 unspecified atom stereocenters. The maximum Gasteiger partial charge on any atom is 0.127 e. The number of ether oxygens (including phenoxy) is 1. The molecular formula is C17H21ClN2O. The van der Waals surface area contributed by atoms with Crippen molar-refractivity contribution in [2.24, 2.45) is 0 Å². The molecule has 0 saturated heterocycles. The lowest BCUT2D eigenvalue weighted by atomic mass is 10.2. The minimum atomic E-state index is 0.462. The second-order valence-electron chi connectivity index (χ2n) is 4.99. The van der Waals surface area contributed by atoms with Crippen molar-refractivity contribution in [2.75, 3.05) is 6.54 Å². The summed E-state index contributed by atoms with van der Waals surface area (Å²) in [5.74, 6) is 0.867. The van der Waals surface area contributed by atoms with Crippen molar-refractivity contribution in [1.29, 1.82) is 0 Å². The topological polar surface area (TPSA) is 34.2 Å². The molecule has 0 atom stereocenters. The smallest absolute Gasteiger partial charge is 0.127 e. The van der Waals surface area contributed by atoms with Gasteiger partial charge in [-0.3, -0.25) is 4.98 Å². The van der Waals surface area contributed by atoms with Gasteiger partial charge in [0.1, 0.15) is 12.4 Å². The molecule has 2 aromatic rings. The molecule has 1 N–H and O–H groups in total. The van der Waals surface area contributed by atoms with E-state index in [1.165, 1.54) is 0 Å². The molecule has 3 nitrogen and oxygen atoms in total. The lowest BCUT2D eigenvalue weighted by Gasteiger charge is -2.13. The van der Waals surface area contributed by atoms with Gasteiger partial charge in [0.05, 0.1) is 0 Å². The highest BCUT2D eigenvalue weighted by atomic mass is 35.5. The zero-order chi connectivity index (χ0) is 15.1. The van der Waals surface area contributed by atoms with E-state index in [1.807, 2.05) is 43.5 Å². The first kappa shape index (κ1) is 15.8. The molecule has 2 rings (SSSR count). The van der Waals surface area contributed by atoms with Crippen LogP contribution in [0.25, 0.3) is 0 Å². The van der Waals surface area contributed by atoms with Crippen LogP contribution in [0.15, 0.2) is 36.5 Å². The Hall–Kier alpha value is -1.58. The Kier molecular flexibility index (Phi) is 6.03. The first-order valence-electron chi connectivity index (χ1n) is 7.23. The van der Waals surface area contributed by atoms with E-state index in [-0.39, 0.29) is 0 Å². The Morgan fingerprint density at radius 1 is 1.24 bits per heavy atom. The number of pyridine rings is 1. The minimum absolute atomic E-state index is 0.462. The first-order chi connectivity index (χ1) is 10.2. The fourth-order valence-electron chi connectivity index (χ4n) is 2.00. The zero-order valence-corrected chi connectivity index (χ0v) is 13.3. The normalized spacial score (nSPS) is 10.6. The number of halogens is 1. The van der Waals surface area contributed by atoms with Crippen molar-refractivity contribution in [3.8, 4) is 5.75 Å². The van der Waals surface area contributed by atoms with Crippen molar-refractivity contribution >= 4 is 11.6 Å². The van der Waals surface area contributed by atoms with Crippen LogP contribution in [0.5, 0.6) is 5.75 Å². The van der Waals surface area contributed by atoms with Crippen LogP contribution in [0.3, 0.4) is 0 Å². The molecule has 0 bridgehead atoms. The second kappa shape index (κ2) is 8.01. The quantitative estimate of drug-likeness (QED) is 0.781. The monoisotopic (exact) mass is 304 g/mol. The van der Waals surface area contributed by atoms with Gasteiger partial charge in [0.2, 0.25) is 0 Å². The number of hydrogen-bond donors (Lipinski definition) is 1. The van der Waals surface area contributed by atoms with Crippen LogP contribution in [0, 0.1) is 6.92 Å². The minimum Gasteiger partial charge on any atom is -0.488 e. The third-order valence-corrected chi connectivity index (χ3v) is 3.53. The van der Waals surface area contributed by atoms with E-state index in [0.29, 0.717) is 6.61 Å². The molecular weight excluding hydrogens is 284 g/mol. The molecule has 0 spiro atoms. The van der Waals surface area contributed by atoms with Crippen LogP contribution >= 0.6 is 11.6 Å². The van der Waals surface area contributed by atoms with Gasteiger partial charge in [0.25, 0.3) is 0 Å². The maximum absolute atomic E-state index is 6.16. The first-order valence-corrected chi connectivity index (χ1v) is 7.61. The molecule has 21 heavy (non-hydrogen) atoms. The van der Waals surface area contributed by atoms with Gasteiger partial charge in [-0.15, -0.1) is 0 Å². The molecule has 0 aliphatic carbocycles. The lowest BCUT2D eigenvalue weighted by molar-refractivity contribution is 0.301. The molecule has 1 aromatic heterocycles. The largest absolute Gasteiger partial charge is 0.488 e. The molecule has 0 aliphatic heterocycles. The Morgan fingerprint density at radius 2 is 2.05 bits per heavy atom. The van der Waals surface area contributed by atoms with Gasteiger partial charge in [-0.25, -0.2) is 0 Å². The molecule has 4 heteroatoms. The molecule has 0 saturated carbocycles.